The number of aliphatic carboxylic acids is 1. The number of carboxylic acid groups (broad SMARTS) is 1. The summed E-state index contributed by atoms with van der Waals surface area (Å²) in [5, 5.41) is 10.2. The highest BCUT2D eigenvalue weighted by Gasteiger charge is 2.15. The minimum absolute atomic E-state index is 0.139. The molecule has 0 aliphatic heterocycles. The summed E-state index contributed by atoms with van der Waals surface area (Å²) in [6, 6.07) is 15.0. The zero-order valence-corrected chi connectivity index (χ0v) is 17.9. The fourth-order valence-electron chi connectivity index (χ4n) is 3.65. The van der Waals surface area contributed by atoms with Crippen LogP contribution in [-0.2, 0) is 24.4 Å². The third-order valence-corrected chi connectivity index (χ3v) is 5.34. The molecule has 2 aromatic heterocycles. The number of pyridine rings is 1. The second kappa shape index (κ2) is 9.11. The van der Waals surface area contributed by atoms with E-state index in [4.69, 9.17) is 19.6 Å². The van der Waals surface area contributed by atoms with Crippen molar-refractivity contribution in [3.63, 3.8) is 0 Å². The number of nitrogens with two attached hydrogens (primary N) is 1. The maximum absolute atomic E-state index is 11.2. The maximum atomic E-state index is 11.2. The van der Waals surface area contributed by atoms with Crippen molar-refractivity contribution >= 4 is 16.9 Å². The van der Waals surface area contributed by atoms with Crippen molar-refractivity contribution in [2.45, 2.75) is 26.5 Å². The predicted molar refractivity (Wildman–Crippen MR) is 121 cm³/mol. The van der Waals surface area contributed by atoms with Gasteiger partial charge in [-0.25, -0.2) is 0 Å². The number of rotatable bonds is 8. The van der Waals surface area contributed by atoms with Crippen molar-refractivity contribution in [1.29, 1.82) is 0 Å². The molecule has 0 atom stereocenters. The lowest BCUT2D eigenvalue weighted by Crippen LogP contribution is -2.05. The first-order valence-electron chi connectivity index (χ1n) is 10.2. The molecule has 0 amide bonds. The highest BCUT2D eigenvalue weighted by atomic mass is 16.5. The molecule has 0 saturated heterocycles. The normalized spacial score (nSPS) is 11.0. The lowest BCUT2D eigenvalue weighted by molar-refractivity contribution is -0.136. The molecule has 2 aromatic carbocycles. The number of hydrogen-bond donors (Lipinski definition) is 2. The van der Waals surface area contributed by atoms with Gasteiger partial charge in [0.1, 0.15) is 29.4 Å². The van der Waals surface area contributed by atoms with Gasteiger partial charge in [-0.05, 0) is 48.4 Å². The van der Waals surface area contributed by atoms with Crippen LogP contribution in [0.4, 0.5) is 0 Å². The smallest absolute Gasteiger partial charge is 0.307 e. The van der Waals surface area contributed by atoms with E-state index < -0.39 is 5.97 Å². The zero-order chi connectivity index (χ0) is 22.7. The Morgan fingerprint density at radius 2 is 1.94 bits per heavy atom. The molecule has 7 heteroatoms. The van der Waals surface area contributed by atoms with Crippen molar-refractivity contribution in [1.82, 2.24) is 4.98 Å². The molecule has 164 valence electrons. The largest absolute Gasteiger partial charge is 0.497 e. The summed E-state index contributed by atoms with van der Waals surface area (Å²) in [5.74, 6) is 0.887. The maximum Gasteiger partial charge on any atom is 0.307 e. The van der Waals surface area contributed by atoms with Gasteiger partial charge in [0.2, 0.25) is 0 Å². The van der Waals surface area contributed by atoms with Gasteiger partial charge in [0.25, 0.3) is 0 Å². The first-order chi connectivity index (χ1) is 15.5. The van der Waals surface area contributed by atoms with E-state index in [-0.39, 0.29) is 13.0 Å². The number of ether oxygens (including phenoxy) is 2. The van der Waals surface area contributed by atoms with E-state index in [2.05, 4.69) is 11.1 Å². The Bertz CT molecular complexity index is 1280. The van der Waals surface area contributed by atoms with Crippen molar-refractivity contribution < 1.29 is 23.8 Å². The van der Waals surface area contributed by atoms with E-state index in [0.29, 0.717) is 23.6 Å². The third-order valence-electron chi connectivity index (χ3n) is 5.34. The van der Waals surface area contributed by atoms with Gasteiger partial charge < -0.3 is 24.7 Å². The Balaban J connectivity index is 1.68. The molecule has 0 spiro atoms. The number of nitrogens with zero attached hydrogens (tertiary/aromatic N) is 1. The van der Waals surface area contributed by atoms with Crippen molar-refractivity contribution in [3.05, 3.63) is 77.3 Å². The van der Waals surface area contributed by atoms with E-state index in [9.17, 15) is 9.90 Å². The van der Waals surface area contributed by atoms with E-state index >= 15 is 0 Å². The molecule has 32 heavy (non-hydrogen) atoms. The van der Waals surface area contributed by atoms with Gasteiger partial charge in [0, 0.05) is 35.3 Å². The summed E-state index contributed by atoms with van der Waals surface area (Å²) in [6.07, 6.45) is 1.61. The molecule has 0 fully saturated rings. The molecule has 7 nitrogen and oxygen atoms in total. The van der Waals surface area contributed by atoms with Gasteiger partial charge in [0.05, 0.1) is 19.2 Å². The molecular formula is C25H24N2O5. The van der Waals surface area contributed by atoms with E-state index in [1.165, 1.54) is 0 Å². The minimum Gasteiger partial charge on any atom is -0.497 e. The van der Waals surface area contributed by atoms with Crippen LogP contribution >= 0.6 is 0 Å². The van der Waals surface area contributed by atoms with Crippen LogP contribution in [0.5, 0.6) is 11.5 Å². The van der Waals surface area contributed by atoms with Gasteiger partial charge in [-0.2, -0.15) is 0 Å². The fourth-order valence-corrected chi connectivity index (χ4v) is 3.65. The number of carbonyl (C=O) groups is 1. The standard InChI is InChI=1S/C25H24N2O5/c1-15-22(14-31-24-12-20(30-2)5-3-18(24)11-25(28)29)21-10-16(4-6-23(21)32-15)17-7-8-27-19(9-17)13-26/h3-10,12H,11,13-14,26H2,1-2H3,(H,28,29). The number of carboxylic acids is 1. The topological polar surface area (TPSA) is 108 Å². The Kier molecular flexibility index (Phi) is 6.09. The fraction of sp³-hybridized carbons (Fsp3) is 0.200. The minimum atomic E-state index is -0.927. The predicted octanol–water partition coefficient (Wildman–Crippen LogP) is 4.48. The number of furan rings is 1. The van der Waals surface area contributed by atoms with Gasteiger partial charge in [0.15, 0.2) is 0 Å². The second-order valence-electron chi connectivity index (χ2n) is 7.42. The Morgan fingerprint density at radius 1 is 1.12 bits per heavy atom. The van der Waals surface area contributed by atoms with Crippen LogP contribution in [0.2, 0.25) is 0 Å². The summed E-state index contributed by atoms with van der Waals surface area (Å²) in [6.45, 7) is 2.49. The molecule has 3 N–H and O–H groups in total. The van der Waals surface area contributed by atoms with Crippen LogP contribution in [0, 0.1) is 6.92 Å². The first kappa shape index (κ1) is 21.4. The highest BCUT2D eigenvalue weighted by Crippen LogP contribution is 2.32. The van der Waals surface area contributed by atoms with Crippen LogP contribution in [0.1, 0.15) is 22.6 Å². The third kappa shape index (κ3) is 4.43. The van der Waals surface area contributed by atoms with Crippen LogP contribution < -0.4 is 15.2 Å². The number of methoxy groups -OCH3 is 1. The number of benzene rings is 2. The van der Waals surface area contributed by atoms with Crippen LogP contribution in [0.25, 0.3) is 22.1 Å². The lowest BCUT2D eigenvalue weighted by Gasteiger charge is -2.12. The van der Waals surface area contributed by atoms with Crippen LogP contribution in [0.3, 0.4) is 0 Å². The van der Waals surface area contributed by atoms with Crippen molar-refractivity contribution in [2.24, 2.45) is 5.73 Å². The molecule has 0 saturated carbocycles. The van der Waals surface area contributed by atoms with Gasteiger partial charge in [-0.3, -0.25) is 9.78 Å². The molecule has 0 radical (unpaired) electrons. The van der Waals surface area contributed by atoms with E-state index in [1.54, 1.807) is 31.5 Å². The lowest BCUT2D eigenvalue weighted by atomic mass is 10.0. The highest BCUT2D eigenvalue weighted by molar-refractivity contribution is 5.87. The Labute approximate surface area is 185 Å². The number of fused-ring (bicyclic) bond motifs is 1. The molecule has 4 rings (SSSR count). The Morgan fingerprint density at radius 3 is 2.69 bits per heavy atom. The average Bonchev–Trinajstić information content (AvgIpc) is 3.12. The first-order valence-corrected chi connectivity index (χ1v) is 10.2. The molecule has 0 aliphatic carbocycles. The zero-order valence-electron chi connectivity index (χ0n) is 17.9. The number of hydrogen-bond acceptors (Lipinski definition) is 6. The van der Waals surface area contributed by atoms with Gasteiger partial charge >= 0.3 is 5.97 Å². The van der Waals surface area contributed by atoms with E-state index in [0.717, 1.165) is 39.1 Å². The quantitative estimate of drug-likeness (QED) is 0.423. The SMILES string of the molecule is COc1ccc(CC(=O)O)c(OCc2c(C)oc3ccc(-c4ccnc(CN)c4)cc23)c1. The molecule has 4 aromatic rings. The monoisotopic (exact) mass is 432 g/mol. The number of aryl methyl sites for hydroxylation is 1. The van der Waals surface area contributed by atoms with Crippen LogP contribution in [0.15, 0.2) is 59.1 Å². The molecular weight excluding hydrogens is 408 g/mol. The molecule has 0 aliphatic rings. The summed E-state index contributed by atoms with van der Waals surface area (Å²) in [7, 11) is 1.56. The second-order valence-corrected chi connectivity index (χ2v) is 7.42. The van der Waals surface area contributed by atoms with Crippen molar-refractivity contribution in [2.75, 3.05) is 7.11 Å². The summed E-state index contributed by atoms with van der Waals surface area (Å²) in [5.41, 5.74) is 10.8. The number of aromatic nitrogens is 1. The van der Waals surface area contributed by atoms with Gasteiger partial charge in [-0.1, -0.05) is 12.1 Å². The average molecular weight is 432 g/mol. The summed E-state index contributed by atoms with van der Waals surface area (Å²) in [4.78, 5) is 15.5. The Hall–Kier alpha value is -3.84. The molecule has 2 heterocycles. The van der Waals surface area contributed by atoms with Crippen molar-refractivity contribution in [3.8, 4) is 22.6 Å². The van der Waals surface area contributed by atoms with Gasteiger partial charge in [-0.15, -0.1) is 0 Å². The van der Waals surface area contributed by atoms with E-state index in [1.807, 2.05) is 31.2 Å². The van der Waals surface area contributed by atoms with Crippen LogP contribution in [-0.4, -0.2) is 23.2 Å². The molecule has 0 bridgehead atoms. The summed E-state index contributed by atoms with van der Waals surface area (Å²) >= 11 is 0. The molecule has 0 unspecified atom stereocenters. The summed E-state index contributed by atoms with van der Waals surface area (Å²) < 4.78 is 17.3.